The Hall–Kier alpha value is -2.95. The number of Topliss-reactive ketones (excluding diaryl/α,β-unsaturated/α-hetero) is 1. The molecule has 2 heterocycles. The van der Waals surface area contributed by atoms with Gasteiger partial charge in [0, 0.05) is 23.4 Å². The molecule has 30 heavy (non-hydrogen) atoms. The average Bonchev–Trinajstić information content (AvgIpc) is 3.28. The molecule has 0 radical (unpaired) electrons. The highest BCUT2D eigenvalue weighted by Gasteiger charge is 2.46. The molecular formula is C25H27NO4. The summed E-state index contributed by atoms with van der Waals surface area (Å²) in [7, 11) is 0. The number of furan rings is 1. The third-order valence-corrected chi connectivity index (χ3v) is 6.01. The first kappa shape index (κ1) is 20.3. The fourth-order valence-corrected chi connectivity index (χ4v) is 4.51. The van der Waals surface area contributed by atoms with Crippen LogP contribution in [0.1, 0.15) is 62.7 Å². The Kier molecular flexibility index (Phi) is 5.98. The van der Waals surface area contributed by atoms with Crippen LogP contribution in [0, 0.1) is 5.92 Å². The number of nitrogens with zero attached hydrogens (tertiary/aromatic N) is 1. The molecule has 5 nitrogen and oxygen atoms in total. The molecule has 0 spiro atoms. The van der Waals surface area contributed by atoms with Gasteiger partial charge in [0.25, 0.3) is 0 Å². The number of esters is 1. The number of carbonyl (C=O) groups excluding carboxylic acids is 2. The Balaban J connectivity index is 1.70. The number of hydrogen-bond donors (Lipinski definition) is 0. The van der Waals surface area contributed by atoms with E-state index in [4.69, 9.17) is 14.1 Å². The Morgan fingerprint density at radius 1 is 1.17 bits per heavy atom. The van der Waals surface area contributed by atoms with Crippen molar-refractivity contribution in [2.75, 3.05) is 6.61 Å². The van der Waals surface area contributed by atoms with Gasteiger partial charge in [-0.3, -0.25) is 14.6 Å². The molecule has 1 unspecified atom stereocenters. The zero-order valence-electron chi connectivity index (χ0n) is 17.5. The van der Waals surface area contributed by atoms with Crippen molar-refractivity contribution in [2.45, 2.75) is 51.4 Å². The molecule has 156 valence electrons. The molecule has 2 aromatic rings. The Morgan fingerprint density at radius 2 is 1.97 bits per heavy atom. The lowest BCUT2D eigenvalue weighted by molar-refractivity contribution is -0.146. The summed E-state index contributed by atoms with van der Waals surface area (Å²) in [4.78, 5) is 31.1. The largest absolute Gasteiger partial charge is 0.469 e. The molecule has 2 aliphatic rings. The fraction of sp³-hybridized carbons (Fsp3) is 0.400. The second kappa shape index (κ2) is 8.82. The van der Waals surface area contributed by atoms with E-state index in [0.717, 1.165) is 24.1 Å². The van der Waals surface area contributed by atoms with Crippen molar-refractivity contribution in [1.29, 1.82) is 0 Å². The predicted molar refractivity (Wildman–Crippen MR) is 114 cm³/mol. The molecule has 0 saturated carbocycles. The van der Waals surface area contributed by atoms with Crippen molar-refractivity contribution >= 4 is 17.5 Å². The van der Waals surface area contributed by atoms with E-state index in [1.165, 1.54) is 0 Å². The van der Waals surface area contributed by atoms with Gasteiger partial charge >= 0.3 is 5.97 Å². The number of ketones is 1. The maximum atomic E-state index is 13.3. The van der Waals surface area contributed by atoms with Crippen molar-refractivity contribution in [3.8, 4) is 0 Å². The van der Waals surface area contributed by atoms with Crippen LogP contribution in [0.5, 0.6) is 0 Å². The molecule has 1 aromatic heterocycles. The summed E-state index contributed by atoms with van der Waals surface area (Å²) in [5, 5.41) is 0. The van der Waals surface area contributed by atoms with Crippen LogP contribution in [0.3, 0.4) is 0 Å². The number of benzene rings is 1. The maximum Gasteiger partial charge on any atom is 0.315 e. The van der Waals surface area contributed by atoms with Crippen LogP contribution in [0.2, 0.25) is 0 Å². The molecule has 3 atom stereocenters. The quantitative estimate of drug-likeness (QED) is 0.489. The molecule has 0 amide bonds. The number of hydrogen-bond acceptors (Lipinski definition) is 5. The SMILES string of the molecule is CCCCOC(=O)C1C(C)=NC2=C(C(=O)C[C@H](c3ccccc3)C2)[C@@H]1c1ccco1. The van der Waals surface area contributed by atoms with E-state index >= 15 is 0 Å². The number of allylic oxidation sites excluding steroid dienone is 2. The van der Waals surface area contributed by atoms with Crippen LogP contribution in [-0.4, -0.2) is 24.1 Å². The van der Waals surface area contributed by atoms with Crippen LogP contribution in [0.25, 0.3) is 0 Å². The van der Waals surface area contributed by atoms with Crippen LogP contribution >= 0.6 is 0 Å². The Labute approximate surface area is 176 Å². The summed E-state index contributed by atoms with van der Waals surface area (Å²) in [6.45, 7) is 4.27. The van der Waals surface area contributed by atoms with E-state index in [1.807, 2.05) is 38.1 Å². The molecule has 0 bridgehead atoms. The van der Waals surface area contributed by atoms with Gasteiger partial charge in [-0.1, -0.05) is 43.7 Å². The van der Waals surface area contributed by atoms with E-state index in [0.29, 0.717) is 36.5 Å². The summed E-state index contributed by atoms with van der Waals surface area (Å²) in [6, 6.07) is 13.7. The van der Waals surface area contributed by atoms with E-state index in [9.17, 15) is 9.59 Å². The van der Waals surface area contributed by atoms with Crippen molar-refractivity contribution < 1.29 is 18.7 Å². The fourth-order valence-electron chi connectivity index (χ4n) is 4.51. The highest BCUT2D eigenvalue weighted by Crippen LogP contribution is 2.46. The topological polar surface area (TPSA) is 68.9 Å². The highest BCUT2D eigenvalue weighted by atomic mass is 16.5. The third kappa shape index (κ3) is 3.89. The van der Waals surface area contributed by atoms with Crippen molar-refractivity contribution in [3.63, 3.8) is 0 Å². The summed E-state index contributed by atoms with van der Waals surface area (Å²) >= 11 is 0. The minimum atomic E-state index is -0.635. The minimum absolute atomic E-state index is 0.0362. The summed E-state index contributed by atoms with van der Waals surface area (Å²) in [5.74, 6) is -0.709. The lowest BCUT2D eigenvalue weighted by atomic mass is 9.71. The predicted octanol–water partition coefficient (Wildman–Crippen LogP) is 5.20. The number of unbranched alkanes of at least 4 members (excludes halogenated alkanes) is 1. The third-order valence-electron chi connectivity index (χ3n) is 6.01. The molecular weight excluding hydrogens is 378 g/mol. The standard InChI is InChI=1S/C25H27NO4/c1-3-4-12-30-25(28)22-16(2)26-19-14-18(17-9-6-5-7-10-17)15-20(27)23(19)24(22)21-11-8-13-29-21/h5-11,13,18,22,24H,3-4,12,14-15H2,1-2H3/t18-,22?,24-/m1/s1. The summed E-state index contributed by atoms with van der Waals surface area (Å²) in [6.07, 6.45) is 4.42. The highest BCUT2D eigenvalue weighted by molar-refractivity contribution is 6.09. The second-order valence-corrected chi connectivity index (χ2v) is 8.04. The lowest BCUT2D eigenvalue weighted by Gasteiger charge is -2.35. The van der Waals surface area contributed by atoms with Gasteiger partial charge in [0.15, 0.2) is 5.78 Å². The average molecular weight is 405 g/mol. The van der Waals surface area contributed by atoms with Gasteiger partial charge in [0.2, 0.25) is 0 Å². The van der Waals surface area contributed by atoms with Gasteiger partial charge in [-0.15, -0.1) is 0 Å². The van der Waals surface area contributed by atoms with Gasteiger partial charge in [0.1, 0.15) is 11.7 Å². The first-order valence-corrected chi connectivity index (χ1v) is 10.7. The van der Waals surface area contributed by atoms with E-state index in [2.05, 4.69) is 12.1 Å². The van der Waals surface area contributed by atoms with Crippen molar-refractivity contribution in [3.05, 3.63) is 71.3 Å². The summed E-state index contributed by atoms with van der Waals surface area (Å²) in [5.41, 5.74) is 3.20. The van der Waals surface area contributed by atoms with Gasteiger partial charge in [0.05, 0.1) is 18.8 Å². The first-order chi connectivity index (χ1) is 14.6. The second-order valence-electron chi connectivity index (χ2n) is 8.04. The normalized spacial score (nSPS) is 23.7. The molecule has 1 aliphatic carbocycles. The van der Waals surface area contributed by atoms with Crippen LogP contribution in [-0.2, 0) is 14.3 Å². The zero-order valence-corrected chi connectivity index (χ0v) is 17.5. The van der Waals surface area contributed by atoms with Gasteiger partial charge in [-0.05, 0) is 43.4 Å². The van der Waals surface area contributed by atoms with Crippen LogP contribution in [0.15, 0.2) is 69.4 Å². The number of aliphatic imine (C=N–C) groups is 1. The van der Waals surface area contributed by atoms with Gasteiger partial charge in [-0.2, -0.15) is 0 Å². The van der Waals surface area contributed by atoms with Gasteiger partial charge < -0.3 is 9.15 Å². The molecule has 1 aliphatic heterocycles. The number of carbonyl (C=O) groups is 2. The molecule has 0 fully saturated rings. The number of rotatable bonds is 6. The maximum absolute atomic E-state index is 13.3. The molecule has 4 rings (SSSR count). The minimum Gasteiger partial charge on any atom is -0.469 e. The van der Waals surface area contributed by atoms with Crippen LogP contribution < -0.4 is 0 Å². The zero-order chi connectivity index (χ0) is 21.1. The van der Waals surface area contributed by atoms with E-state index in [-0.39, 0.29) is 17.7 Å². The molecule has 0 N–H and O–H groups in total. The first-order valence-electron chi connectivity index (χ1n) is 10.7. The lowest BCUT2D eigenvalue weighted by Crippen LogP contribution is -2.38. The van der Waals surface area contributed by atoms with Crippen molar-refractivity contribution in [1.82, 2.24) is 0 Å². The Morgan fingerprint density at radius 3 is 2.67 bits per heavy atom. The monoisotopic (exact) mass is 405 g/mol. The van der Waals surface area contributed by atoms with Crippen molar-refractivity contribution in [2.24, 2.45) is 10.9 Å². The summed E-state index contributed by atoms with van der Waals surface area (Å²) < 4.78 is 11.2. The van der Waals surface area contributed by atoms with Gasteiger partial charge in [-0.25, -0.2) is 0 Å². The molecule has 5 heteroatoms. The number of ether oxygens (including phenoxy) is 1. The van der Waals surface area contributed by atoms with Crippen LogP contribution in [0.4, 0.5) is 0 Å². The molecule has 0 saturated heterocycles. The van der Waals surface area contributed by atoms with E-state index in [1.54, 1.807) is 12.3 Å². The smallest absolute Gasteiger partial charge is 0.315 e. The molecule has 1 aromatic carbocycles. The van der Waals surface area contributed by atoms with E-state index < -0.39 is 11.8 Å². The Bertz CT molecular complexity index is 972.